The molecule has 1 aromatic carbocycles. The van der Waals surface area contributed by atoms with Crippen LogP contribution in [0.25, 0.3) is 0 Å². The summed E-state index contributed by atoms with van der Waals surface area (Å²) in [5, 5.41) is 6.04. The average Bonchev–Trinajstić information content (AvgIpc) is 3.01. The van der Waals surface area contributed by atoms with E-state index in [-0.39, 0.29) is 6.03 Å². The number of anilines is 1. The maximum atomic E-state index is 12.1. The molecular weight excluding hydrogens is 380 g/mol. The molecule has 1 fully saturated rings. The van der Waals surface area contributed by atoms with Gasteiger partial charge in [-0.1, -0.05) is 35.8 Å². The number of likely N-dealkylation sites (N-methyl/N-ethyl adjacent to an activating group) is 1. The molecule has 1 aromatic rings. The van der Waals surface area contributed by atoms with Crippen LogP contribution < -0.4 is 15.5 Å². The van der Waals surface area contributed by atoms with Crippen molar-refractivity contribution in [2.24, 2.45) is 11.8 Å². The zero-order chi connectivity index (χ0) is 18.4. The minimum absolute atomic E-state index is 0.0617. The number of carbonyl (C=O) groups excluding carboxylic acids is 1. The molecule has 5 nitrogen and oxygen atoms in total. The van der Waals surface area contributed by atoms with Gasteiger partial charge in [0.05, 0.1) is 0 Å². The Labute approximate surface area is 160 Å². The molecule has 2 N–H and O–H groups in total. The largest absolute Gasteiger partial charge is 0.371 e. The summed E-state index contributed by atoms with van der Waals surface area (Å²) in [6, 6.07) is 8.68. The Hall–Kier alpha value is -1.27. The topological polar surface area (TPSA) is 47.6 Å². The Bertz CT molecular complexity index is 556. The molecule has 1 aliphatic heterocycles. The molecule has 0 aliphatic carbocycles. The molecule has 1 saturated heterocycles. The molecule has 0 unspecified atom stereocenters. The van der Waals surface area contributed by atoms with Gasteiger partial charge in [-0.05, 0) is 50.6 Å². The van der Waals surface area contributed by atoms with Gasteiger partial charge in [0, 0.05) is 42.4 Å². The molecule has 1 heterocycles. The number of nitrogens with zero attached hydrogens (tertiary/aromatic N) is 2. The highest BCUT2D eigenvalue weighted by atomic mass is 79.9. The summed E-state index contributed by atoms with van der Waals surface area (Å²) in [5.74, 6) is 1.00. The van der Waals surface area contributed by atoms with Crippen LogP contribution in [0.5, 0.6) is 0 Å². The molecule has 2 amide bonds. The van der Waals surface area contributed by atoms with Gasteiger partial charge in [-0.25, -0.2) is 4.79 Å². The van der Waals surface area contributed by atoms with E-state index in [1.54, 1.807) is 0 Å². The normalized spacial score (nSPS) is 18.7. The first-order chi connectivity index (χ1) is 11.9. The second-order valence-electron chi connectivity index (χ2n) is 7.45. The monoisotopic (exact) mass is 410 g/mol. The van der Waals surface area contributed by atoms with E-state index in [1.807, 2.05) is 6.07 Å². The maximum Gasteiger partial charge on any atom is 0.314 e. The van der Waals surface area contributed by atoms with Crippen LogP contribution >= 0.6 is 15.9 Å². The summed E-state index contributed by atoms with van der Waals surface area (Å²) in [4.78, 5) is 16.6. The number of benzene rings is 1. The van der Waals surface area contributed by atoms with Gasteiger partial charge >= 0.3 is 6.03 Å². The van der Waals surface area contributed by atoms with Crippen LogP contribution in [0.2, 0.25) is 0 Å². The van der Waals surface area contributed by atoms with E-state index in [9.17, 15) is 4.79 Å². The molecule has 0 radical (unpaired) electrons. The number of halogens is 1. The van der Waals surface area contributed by atoms with Crippen molar-refractivity contribution in [2.45, 2.75) is 26.3 Å². The molecule has 0 aromatic heterocycles. The Kier molecular flexibility index (Phi) is 7.56. The van der Waals surface area contributed by atoms with Crippen molar-refractivity contribution in [3.05, 3.63) is 28.7 Å². The van der Waals surface area contributed by atoms with E-state index in [2.05, 4.69) is 82.5 Å². The summed E-state index contributed by atoms with van der Waals surface area (Å²) in [7, 11) is 4.11. The van der Waals surface area contributed by atoms with Crippen molar-refractivity contribution < 1.29 is 4.79 Å². The van der Waals surface area contributed by atoms with Gasteiger partial charge in [-0.2, -0.15) is 0 Å². The predicted octanol–water partition coefficient (Wildman–Crippen LogP) is 3.16. The number of rotatable bonds is 7. The average molecular weight is 411 g/mol. The molecular formula is C19H31BrN4O. The Morgan fingerprint density at radius 1 is 1.36 bits per heavy atom. The van der Waals surface area contributed by atoms with E-state index >= 15 is 0 Å². The van der Waals surface area contributed by atoms with Crippen LogP contribution in [0.15, 0.2) is 28.7 Å². The summed E-state index contributed by atoms with van der Waals surface area (Å²) in [6.07, 6.45) is 1.11. The lowest BCUT2D eigenvalue weighted by atomic mass is 10.0. The highest BCUT2D eigenvalue weighted by Gasteiger charge is 2.23. The van der Waals surface area contributed by atoms with Gasteiger partial charge in [-0.3, -0.25) is 0 Å². The number of amides is 2. The van der Waals surface area contributed by atoms with Crippen LogP contribution in [0.1, 0.15) is 20.3 Å². The molecule has 25 heavy (non-hydrogen) atoms. The van der Waals surface area contributed by atoms with Gasteiger partial charge in [-0.15, -0.1) is 0 Å². The number of nitrogens with one attached hydrogen (secondary N) is 2. The molecule has 6 heteroatoms. The Morgan fingerprint density at radius 3 is 2.76 bits per heavy atom. The minimum atomic E-state index is -0.0617. The standard InChI is InChI=1S/C19H31BrN4O/c1-14(2)18(23(3)4)12-22-19(25)21-11-15-8-9-24(13-15)17-7-5-6-16(20)10-17/h5-7,10,14-15,18H,8-9,11-13H2,1-4H3,(H2,21,22,25)/t15-,18+/m1/s1. The molecule has 0 saturated carbocycles. The van der Waals surface area contributed by atoms with E-state index < -0.39 is 0 Å². The zero-order valence-electron chi connectivity index (χ0n) is 15.8. The lowest BCUT2D eigenvalue weighted by Crippen LogP contribution is -2.47. The lowest BCUT2D eigenvalue weighted by Gasteiger charge is -2.28. The number of hydrogen-bond acceptors (Lipinski definition) is 3. The first-order valence-electron chi connectivity index (χ1n) is 9.05. The third-order valence-electron chi connectivity index (χ3n) is 4.92. The van der Waals surface area contributed by atoms with Crippen LogP contribution in [-0.4, -0.2) is 57.2 Å². The minimum Gasteiger partial charge on any atom is -0.371 e. The van der Waals surface area contributed by atoms with E-state index in [4.69, 9.17) is 0 Å². The first kappa shape index (κ1) is 20.0. The number of urea groups is 1. The predicted molar refractivity (Wildman–Crippen MR) is 108 cm³/mol. The van der Waals surface area contributed by atoms with Crippen molar-refractivity contribution in [3.63, 3.8) is 0 Å². The Balaban J connectivity index is 1.72. The summed E-state index contributed by atoms with van der Waals surface area (Å²) in [6.45, 7) is 7.79. The second kappa shape index (κ2) is 9.43. The van der Waals surface area contributed by atoms with Crippen LogP contribution in [-0.2, 0) is 0 Å². The highest BCUT2D eigenvalue weighted by molar-refractivity contribution is 9.10. The third kappa shape index (κ3) is 6.19. The summed E-state index contributed by atoms with van der Waals surface area (Å²) < 4.78 is 1.10. The molecule has 1 aliphatic rings. The van der Waals surface area contributed by atoms with Crippen molar-refractivity contribution >= 4 is 27.6 Å². The molecule has 2 atom stereocenters. The smallest absolute Gasteiger partial charge is 0.314 e. The number of hydrogen-bond donors (Lipinski definition) is 2. The van der Waals surface area contributed by atoms with E-state index in [1.165, 1.54) is 5.69 Å². The highest BCUT2D eigenvalue weighted by Crippen LogP contribution is 2.25. The number of carbonyl (C=O) groups is 1. The fourth-order valence-corrected chi connectivity index (χ4v) is 3.81. The fourth-order valence-electron chi connectivity index (χ4n) is 3.42. The SMILES string of the molecule is CC(C)[C@H](CNC(=O)NC[C@H]1CCN(c2cccc(Br)c2)C1)N(C)C. The van der Waals surface area contributed by atoms with Gasteiger partial charge in [0.25, 0.3) is 0 Å². The van der Waals surface area contributed by atoms with E-state index in [0.717, 1.165) is 30.5 Å². The summed E-state index contributed by atoms with van der Waals surface area (Å²) >= 11 is 3.53. The van der Waals surface area contributed by atoms with Crippen molar-refractivity contribution in [1.29, 1.82) is 0 Å². The maximum absolute atomic E-state index is 12.1. The quantitative estimate of drug-likeness (QED) is 0.725. The fraction of sp³-hybridized carbons (Fsp3) is 0.632. The van der Waals surface area contributed by atoms with Gasteiger partial charge in [0.2, 0.25) is 0 Å². The van der Waals surface area contributed by atoms with Crippen LogP contribution in [0, 0.1) is 11.8 Å². The van der Waals surface area contributed by atoms with Gasteiger partial charge < -0.3 is 20.4 Å². The van der Waals surface area contributed by atoms with E-state index in [0.29, 0.717) is 24.4 Å². The summed E-state index contributed by atoms with van der Waals surface area (Å²) in [5.41, 5.74) is 1.24. The molecule has 2 rings (SSSR count). The van der Waals surface area contributed by atoms with Crippen molar-refractivity contribution in [3.8, 4) is 0 Å². The van der Waals surface area contributed by atoms with Crippen LogP contribution in [0.3, 0.4) is 0 Å². The van der Waals surface area contributed by atoms with Gasteiger partial charge in [0.1, 0.15) is 0 Å². The van der Waals surface area contributed by atoms with Crippen LogP contribution in [0.4, 0.5) is 10.5 Å². The second-order valence-corrected chi connectivity index (χ2v) is 8.36. The third-order valence-corrected chi connectivity index (χ3v) is 5.41. The zero-order valence-corrected chi connectivity index (χ0v) is 17.3. The lowest BCUT2D eigenvalue weighted by molar-refractivity contribution is 0.212. The van der Waals surface area contributed by atoms with Crippen molar-refractivity contribution in [1.82, 2.24) is 15.5 Å². The van der Waals surface area contributed by atoms with Crippen molar-refractivity contribution in [2.75, 3.05) is 45.2 Å². The molecule has 0 bridgehead atoms. The molecule has 0 spiro atoms. The molecule has 140 valence electrons. The van der Waals surface area contributed by atoms with Gasteiger partial charge in [0.15, 0.2) is 0 Å². The first-order valence-corrected chi connectivity index (χ1v) is 9.84. The Morgan fingerprint density at radius 2 is 2.12 bits per heavy atom.